The Morgan fingerprint density at radius 3 is 2.68 bits per heavy atom. The fourth-order valence-electron chi connectivity index (χ4n) is 4.15. The maximum absolute atomic E-state index is 12.8. The van der Waals surface area contributed by atoms with Crippen molar-refractivity contribution in [3.05, 3.63) is 95.6 Å². The summed E-state index contributed by atoms with van der Waals surface area (Å²) in [6.07, 6.45) is 1.96. The van der Waals surface area contributed by atoms with Gasteiger partial charge in [-0.25, -0.2) is 0 Å². The van der Waals surface area contributed by atoms with Gasteiger partial charge in [0.15, 0.2) is 0 Å². The van der Waals surface area contributed by atoms with E-state index in [9.17, 15) is 4.79 Å². The Hall–Kier alpha value is -3.86. The van der Waals surface area contributed by atoms with Gasteiger partial charge in [-0.15, -0.1) is 0 Å². The van der Waals surface area contributed by atoms with Crippen LogP contribution < -0.4 is 10.1 Å². The highest BCUT2D eigenvalue weighted by Crippen LogP contribution is 2.31. The molecule has 31 heavy (non-hydrogen) atoms. The summed E-state index contributed by atoms with van der Waals surface area (Å²) in [5.41, 5.74) is 6.91. The average Bonchev–Trinajstić information content (AvgIpc) is 3.47. The average molecular weight is 409 g/mol. The Kier molecular flexibility index (Phi) is 5.00. The quantitative estimate of drug-likeness (QED) is 0.478. The molecule has 5 nitrogen and oxygen atoms in total. The highest BCUT2D eigenvalue weighted by molar-refractivity contribution is 5.95. The Balaban J connectivity index is 1.30. The topological polar surface area (TPSA) is 67.0 Å². The number of hydrogen-bond acceptors (Lipinski definition) is 3. The highest BCUT2D eigenvalue weighted by atomic mass is 16.5. The standard InChI is InChI=1S/C26H23N3O2/c1-31-21-7-4-6-20(15-21)25-16-24(28-29-25)18-9-11-19(12-10-18)26(30)27-23-14-13-17-5-2-3-8-22(17)23/h2-12,15-16,23H,13-14H2,1H3,(H,27,30)(H,28,29)/t23-/m0/s1. The molecule has 0 bridgehead atoms. The molecule has 5 heteroatoms. The van der Waals surface area contributed by atoms with Gasteiger partial charge in [0, 0.05) is 11.1 Å². The molecule has 0 saturated heterocycles. The van der Waals surface area contributed by atoms with Gasteiger partial charge in [-0.05, 0) is 59.9 Å². The van der Waals surface area contributed by atoms with Crippen LogP contribution in [0.4, 0.5) is 0 Å². The van der Waals surface area contributed by atoms with E-state index in [1.54, 1.807) is 7.11 Å². The first-order chi connectivity index (χ1) is 15.2. The molecule has 1 aliphatic rings. The predicted molar refractivity (Wildman–Crippen MR) is 121 cm³/mol. The van der Waals surface area contributed by atoms with E-state index in [0.29, 0.717) is 5.56 Å². The maximum Gasteiger partial charge on any atom is 0.251 e. The maximum atomic E-state index is 12.8. The number of rotatable bonds is 5. The van der Waals surface area contributed by atoms with Crippen LogP contribution in [0.1, 0.15) is 33.9 Å². The first-order valence-corrected chi connectivity index (χ1v) is 10.4. The van der Waals surface area contributed by atoms with E-state index < -0.39 is 0 Å². The predicted octanol–water partition coefficient (Wildman–Crippen LogP) is 5.17. The molecule has 0 fully saturated rings. The first kappa shape index (κ1) is 19.1. The number of carbonyl (C=O) groups is 1. The van der Waals surface area contributed by atoms with Crippen LogP contribution in [-0.4, -0.2) is 23.2 Å². The second kappa shape index (κ2) is 8.11. The molecule has 1 amide bonds. The molecule has 1 heterocycles. The van der Waals surface area contributed by atoms with E-state index in [1.807, 2.05) is 60.7 Å². The molecule has 1 aromatic heterocycles. The number of hydrogen-bond donors (Lipinski definition) is 2. The van der Waals surface area contributed by atoms with Crippen LogP contribution >= 0.6 is 0 Å². The Morgan fingerprint density at radius 1 is 1.00 bits per heavy atom. The molecule has 1 atom stereocenters. The van der Waals surface area contributed by atoms with Crippen molar-refractivity contribution in [1.29, 1.82) is 0 Å². The van der Waals surface area contributed by atoms with Crippen molar-refractivity contribution in [2.24, 2.45) is 0 Å². The van der Waals surface area contributed by atoms with Gasteiger partial charge in [0.1, 0.15) is 5.75 Å². The number of nitrogens with zero attached hydrogens (tertiary/aromatic N) is 1. The summed E-state index contributed by atoms with van der Waals surface area (Å²) < 4.78 is 5.29. The van der Waals surface area contributed by atoms with Crippen molar-refractivity contribution in [2.45, 2.75) is 18.9 Å². The van der Waals surface area contributed by atoms with Gasteiger partial charge in [0.05, 0.1) is 24.5 Å². The summed E-state index contributed by atoms with van der Waals surface area (Å²) in [5, 5.41) is 10.7. The Labute approximate surface area is 181 Å². The molecule has 5 rings (SSSR count). The molecule has 0 radical (unpaired) electrons. The van der Waals surface area contributed by atoms with E-state index >= 15 is 0 Å². The lowest BCUT2D eigenvalue weighted by Crippen LogP contribution is -2.27. The van der Waals surface area contributed by atoms with Crippen molar-refractivity contribution in [3.8, 4) is 28.3 Å². The number of nitrogens with one attached hydrogen (secondary N) is 2. The lowest BCUT2D eigenvalue weighted by molar-refractivity contribution is 0.0936. The van der Waals surface area contributed by atoms with Crippen LogP contribution in [0.3, 0.4) is 0 Å². The zero-order valence-electron chi connectivity index (χ0n) is 17.3. The van der Waals surface area contributed by atoms with Gasteiger partial charge in [-0.2, -0.15) is 5.10 Å². The van der Waals surface area contributed by atoms with Gasteiger partial charge in [-0.3, -0.25) is 9.89 Å². The lowest BCUT2D eigenvalue weighted by Gasteiger charge is -2.14. The van der Waals surface area contributed by atoms with E-state index in [2.05, 4.69) is 33.7 Å². The van der Waals surface area contributed by atoms with Crippen LogP contribution in [0, 0.1) is 0 Å². The largest absolute Gasteiger partial charge is 0.497 e. The minimum absolute atomic E-state index is 0.0464. The lowest BCUT2D eigenvalue weighted by atomic mass is 10.1. The molecular formula is C26H23N3O2. The highest BCUT2D eigenvalue weighted by Gasteiger charge is 2.23. The van der Waals surface area contributed by atoms with Crippen LogP contribution in [-0.2, 0) is 6.42 Å². The van der Waals surface area contributed by atoms with Gasteiger partial charge in [0.25, 0.3) is 5.91 Å². The number of amides is 1. The van der Waals surface area contributed by atoms with E-state index in [4.69, 9.17) is 4.74 Å². The summed E-state index contributed by atoms with van der Waals surface area (Å²) in [7, 11) is 1.65. The molecule has 0 unspecified atom stereocenters. The van der Waals surface area contributed by atoms with Crippen molar-refractivity contribution in [3.63, 3.8) is 0 Å². The number of ether oxygens (including phenoxy) is 1. The normalized spacial score (nSPS) is 14.8. The summed E-state index contributed by atoms with van der Waals surface area (Å²) >= 11 is 0. The van der Waals surface area contributed by atoms with Crippen molar-refractivity contribution >= 4 is 5.91 Å². The molecule has 2 N–H and O–H groups in total. The molecule has 1 aliphatic carbocycles. The minimum atomic E-state index is -0.0464. The molecule has 3 aromatic carbocycles. The number of benzene rings is 3. The Morgan fingerprint density at radius 2 is 1.84 bits per heavy atom. The first-order valence-electron chi connectivity index (χ1n) is 10.4. The third-order valence-electron chi connectivity index (χ3n) is 5.84. The third kappa shape index (κ3) is 3.82. The Bertz CT molecular complexity index is 1230. The molecule has 0 spiro atoms. The number of carbonyl (C=O) groups excluding carboxylic acids is 1. The van der Waals surface area contributed by atoms with Crippen molar-refractivity contribution < 1.29 is 9.53 Å². The third-order valence-corrected chi connectivity index (χ3v) is 5.84. The van der Waals surface area contributed by atoms with Crippen LogP contribution in [0.25, 0.3) is 22.5 Å². The van der Waals surface area contributed by atoms with Crippen molar-refractivity contribution in [1.82, 2.24) is 15.5 Å². The molecule has 4 aromatic rings. The van der Waals surface area contributed by atoms with Crippen LogP contribution in [0.5, 0.6) is 5.75 Å². The van der Waals surface area contributed by atoms with Gasteiger partial charge < -0.3 is 10.1 Å². The fourth-order valence-corrected chi connectivity index (χ4v) is 4.15. The van der Waals surface area contributed by atoms with E-state index in [-0.39, 0.29) is 11.9 Å². The summed E-state index contributed by atoms with van der Waals surface area (Å²) in [4.78, 5) is 12.8. The fraction of sp³-hybridized carbons (Fsp3) is 0.154. The number of aromatic nitrogens is 2. The molecule has 0 aliphatic heterocycles. The second-order valence-electron chi connectivity index (χ2n) is 7.74. The molecule has 154 valence electrons. The van der Waals surface area contributed by atoms with Gasteiger partial charge in [0.2, 0.25) is 0 Å². The zero-order valence-corrected chi connectivity index (χ0v) is 17.3. The van der Waals surface area contributed by atoms with Gasteiger partial charge >= 0.3 is 0 Å². The SMILES string of the molecule is COc1cccc(-c2cc(-c3ccc(C(=O)N[C@H]4CCc5ccccc54)cc3)[nH]n2)c1. The molecular weight excluding hydrogens is 386 g/mol. The van der Waals surface area contributed by atoms with E-state index in [1.165, 1.54) is 11.1 Å². The number of fused-ring (bicyclic) bond motifs is 1. The summed E-state index contributed by atoms with van der Waals surface area (Å²) in [6.45, 7) is 0. The molecule has 0 saturated carbocycles. The second-order valence-corrected chi connectivity index (χ2v) is 7.74. The van der Waals surface area contributed by atoms with Gasteiger partial charge in [-0.1, -0.05) is 48.5 Å². The number of aryl methyl sites for hydroxylation is 1. The van der Waals surface area contributed by atoms with Crippen LogP contribution in [0.15, 0.2) is 78.9 Å². The minimum Gasteiger partial charge on any atom is -0.497 e. The monoisotopic (exact) mass is 409 g/mol. The number of aromatic amines is 1. The number of H-pyrrole nitrogens is 1. The van der Waals surface area contributed by atoms with Crippen LogP contribution in [0.2, 0.25) is 0 Å². The zero-order chi connectivity index (χ0) is 21.2. The smallest absolute Gasteiger partial charge is 0.251 e. The summed E-state index contributed by atoms with van der Waals surface area (Å²) in [6, 6.07) is 25.8. The number of methoxy groups -OCH3 is 1. The summed E-state index contributed by atoms with van der Waals surface area (Å²) in [5.74, 6) is 0.747. The van der Waals surface area contributed by atoms with E-state index in [0.717, 1.165) is 41.1 Å². The van der Waals surface area contributed by atoms with Crippen molar-refractivity contribution in [2.75, 3.05) is 7.11 Å².